The van der Waals surface area contributed by atoms with E-state index < -0.39 is 0 Å². The second kappa shape index (κ2) is 5.80. The van der Waals surface area contributed by atoms with E-state index in [1.807, 2.05) is 0 Å². The predicted molar refractivity (Wildman–Crippen MR) is 87.2 cm³/mol. The van der Waals surface area contributed by atoms with E-state index in [0.29, 0.717) is 0 Å². The van der Waals surface area contributed by atoms with Crippen molar-refractivity contribution in [3.05, 3.63) is 69.3 Å². The number of rotatable bonds is 3. The summed E-state index contributed by atoms with van der Waals surface area (Å²) in [5.74, 6) is 0. The third-order valence-electron chi connectivity index (χ3n) is 4.14. The van der Waals surface area contributed by atoms with Crippen molar-refractivity contribution in [2.45, 2.75) is 47.1 Å². The summed E-state index contributed by atoms with van der Waals surface area (Å²) in [5, 5.41) is 0. The van der Waals surface area contributed by atoms with Crippen LogP contribution in [0.5, 0.6) is 0 Å². The molecule has 0 saturated heterocycles. The van der Waals surface area contributed by atoms with Crippen LogP contribution in [0.25, 0.3) is 0 Å². The van der Waals surface area contributed by atoms with E-state index in [2.05, 4.69) is 65.0 Å². The van der Waals surface area contributed by atoms with Gasteiger partial charge in [0, 0.05) is 6.04 Å². The molecule has 0 radical (unpaired) electrons. The van der Waals surface area contributed by atoms with E-state index in [1.54, 1.807) is 0 Å². The van der Waals surface area contributed by atoms with Crippen LogP contribution in [0.15, 0.2) is 30.3 Å². The highest BCUT2D eigenvalue weighted by Gasteiger charge is 2.13. The van der Waals surface area contributed by atoms with Crippen LogP contribution in [-0.2, 0) is 6.42 Å². The topological polar surface area (TPSA) is 26.0 Å². The van der Waals surface area contributed by atoms with Crippen LogP contribution in [0.1, 0.15) is 45.0 Å². The van der Waals surface area contributed by atoms with Gasteiger partial charge in [-0.15, -0.1) is 0 Å². The first-order valence-corrected chi connectivity index (χ1v) is 7.28. The van der Waals surface area contributed by atoms with E-state index in [-0.39, 0.29) is 6.04 Å². The number of benzene rings is 2. The lowest BCUT2D eigenvalue weighted by Gasteiger charge is -2.19. The zero-order valence-corrected chi connectivity index (χ0v) is 13.2. The van der Waals surface area contributed by atoms with E-state index in [1.165, 1.54) is 38.9 Å². The fourth-order valence-electron chi connectivity index (χ4n) is 3.06. The molecule has 0 amide bonds. The summed E-state index contributed by atoms with van der Waals surface area (Å²) in [6.45, 7) is 10.8. The SMILES string of the molecule is Cc1cc(C)c(C(N)Cc2ccc(C)c(C)c2)c(C)c1. The Morgan fingerprint density at radius 1 is 0.800 bits per heavy atom. The Morgan fingerprint density at radius 3 is 1.95 bits per heavy atom. The molecule has 1 atom stereocenters. The molecule has 0 saturated carbocycles. The molecule has 0 spiro atoms. The van der Waals surface area contributed by atoms with Crippen molar-refractivity contribution in [1.29, 1.82) is 0 Å². The molecule has 1 nitrogen and oxygen atoms in total. The summed E-state index contributed by atoms with van der Waals surface area (Å²) >= 11 is 0. The molecule has 0 aliphatic rings. The molecule has 0 aromatic heterocycles. The van der Waals surface area contributed by atoms with E-state index in [0.717, 1.165) is 6.42 Å². The third-order valence-corrected chi connectivity index (χ3v) is 4.14. The summed E-state index contributed by atoms with van der Waals surface area (Å²) in [5.41, 5.74) is 15.7. The molecular formula is C19H25N. The van der Waals surface area contributed by atoms with Gasteiger partial charge in [-0.2, -0.15) is 0 Å². The molecule has 2 aromatic rings. The standard InChI is InChI=1S/C19H25N/c1-12-8-15(4)19(16(5)9-12)18(20)11-17-7-6-13(2)14(3)10-17/h6-10,18H,11,20H2,1-5H3. The molecule has 0 aliphatic carbocycles. The predicted octanol–water partition coefficient (Wildman–Crippen LogP) is 4.47. The summed E-state index contributed by atoms with van der Waals surface area (Å²) in [6, 6.07) is 11.2. The number of hydrogen-bond donors (Lipinski definition) is 1. The maximum absolute atomic E-state index is 6.47. The van der Waals surface area contributed by atoms with Crippen molar-refractivity contribution in [3.8, 4) is 0 Å². The number of hydrogen-bond acceptors (Lipinski definition) is 1. The molecule has 1 heteroatoms. The first-order chi connectivity index (χ1) is 9.38. The van der Waals surface area contributed by atoms with Gasteiger partial charge in [0.25, 0.3) is 0 Å². The molecule has 2 N–H and O–H groups in total. The van der Waals surface area contributed by atoms with Gasteiger partial charge in [0.1, 0.15) is 0 Å². The second-order valence-electron chi connectivity index (χ2n) is 6.04. The molecule has 106 valence electrons. The summed E-state index contributed by atoms with van der Waals surface area (Å²) < 4.78 is 0. The van der Waals surface area contributed by atoms with Crippen LogP contribution in [0.3, 0.4) is 0 Å². The van der Waals surface area contributed by atoms with Crippen LogP contribution in [0.4, 0.5) is 0 Å². The fraction of sp³-hybridized carbons (Fsp3) is 0.368. The van der Waals surface area contributed by atoms with Crippen molar-refractivity contribution in [1.82, 2.24) is 0 Å². The minimum Gasteiger partial charge on any atom is -0.324 e. The van der Waals surface area contributed by atoms with Crippen molar-refractivity contribution in [2.75, 3.05) is 0 Å². The Morgan fingerprint density at radius 2 is 1.40 bits per heavy atom. The third kappa shape index (κ3) is 3.10. The molecule has 0 heterocycles. The average molecular weight is 267 g/mol. The van der Waals surface area contributed by atoms with Gasteiger partial charge in [-0.05, 0) is 74.4 Å². The van der Waals surface area contributed by atoms with Gasteiger partial charge >= 0.3 is 0 Å². The fourth-order valence-corrected chi connectivity index (χ4v) is 3.06. The highest BCUT2D eigenvalue weighted by Crippen LogP contribution is 2.25. The van der Waals surface area contributed by atoms with Gasteiger partial charge in [-0.25, -0.2) is 0 Å². The number of aryl methyl sites for hydroxylation is 5. The van der Waals surface area contributed by atoms with Crippen LogP contribution in [0, 0.1) is 34.6 Å². The van der Waals surface area contributed by atoms with E-state index in [4.69, 9.17) is 5.73 Å². The molecule has 0 aliphatic heterocycles. The van der Waals surface area contributed by atoms with Gasteiger partial charge in [-0.3, -0.25) is 0 Å². The highest BCUT2D eigenvalue weighted by molar-refractivity contribution is 5.40. The van der Waals surface area contributed by atoms with Gasteiger partial charge in [-0.1, -0.05) is 35.9 Å². The number of nitrogens with two attached hydrogens (primary N) is 1. The summed E-state index contributed by atoms with van der Waals surface area (Å²) in [6.07, 6.45) is 0.895. The highest BCUT2D eigenvalue weighted by atomic mass is 14.6. The van der Waals surface area contributed by atoms with Crippen LogP contribution < -0.4 is 5.73 Å². The molecule has 1 unspecified atom stereocenters. The average Bonchev–Trinajstić information content (AvgIpc) is 2.32. The van der Waals surface area contributed by atoms with Crippen LogP contribution in [-0.4, -0.2) is 0 Å². The van der Waals surface area contributed by atoms with Crippen molar-refractivity contribution < 1.29 is 0 Å². The maximum Gasteiger partial charge on any atom is 0.0341 e. The lowest BCUT2D eigenvalue weighted by Crippen LogP contribution is -2.16. The lowest BCUT2D eigenvalue weighted by molar-refractivity contribution is 0.710. The van der Waals surface area contributed by atoms with Crippen LogP contribution in [0.2, 0.25) is 0 Å². The van der Waals surface area contributed by atoms with E-state index >= 15 is 0 Å². The zero-order chi connectivity index (χ0) is 14.9. The Kier molecular flexibility index (Phi) is 4.29. The summed E-state index contributed by atoms with van der Waals surface area (Å²) in [7, 11) is 0. The molecule has 2 aromatic carbocycles. The van der Waals surface area contributed by atoms with Gasteiger partial charge < -0.3 is 5.73 Å². The lowest BCUT2D eigenvalue weighted by atomic mass is 9.90. The Labute approximate surface area is 122 Å². The van der Waals surface area contributed by atoms with E-state index in [9.17, 15) is 0 Å². The molecule has 2 rings (SSSR count). The smallest absolute Gasteiger partial charge is 0.0341 e. The van der Waals surface area contributed by atoms with Gasteiger partial charge in [0.2, 0.25) is 0 Å². The van der Waals surface area contributed by atoms with Gasteiger partial charge in [0.15, 0.2) is 0 Å². The minimum atomic E-state index is 0.0673. The second-order valence-corrected chi connectivity index (χ2v) is 6.04. The molecule has 0 fully saturated rings. The Bertz CT molecular complexity index is 603. The largest absolute Gasteiger partial charge is 0.324 e. The molecule has 20 heavy (non-hydrogen) atoms. The normalized spacial score (nSPS) is 12.5. The Balaban J connectivity index is 2.28. The minimum absolute atomic E-state index is 0.0673. The first-order valence-electron chi connectivity index (χ1n) is 7.28. The monoisotopic (exact) mass is 267 g/mol. The molecule has 0 bridgehead atoms. The first kappa shape index (κ1) is 14.8. The zero-order valence-electron chi connectivity index (χ0n) is 13.2. The van der Waals surface area contributed by atoms with Gasteiger partial charge in [0.05, 0.1) is 0 Å². The van der Waals surface area contributed by atoms with Crippen molar-refractivity contribution in [3.63, 3.8) is 0 Å². The summed E-state index contributed by atoms with van der Waals surface area (Å²) in [4.78, 5) is 0. The van der Waals surface area contributed by atoms with Crippen LogP contribution >= 0.6 is 0 Å². The maximum atomic E-state index is 6.47. The molecular weight excluding hydrogens is 242 g/mol. The van der Waals surface area contributed by atoms with Crippen molar-refractivity contribution in [2.24, 2.45) is 5.73 Å². The van der Waals surface area contributed by atoms with Crippen molar-refractivity contribution >= 4 is 0 Å². The quantitative estimate of drug-likeness (QED) is 0.872. The Hall–Kier alpha value is -1.60.